The number of fused-ring (bicyclic) bond motifs is 1. The molecule has 4 nitrogen and oxygen atoms in total. The van der Waals surface area contributed by atoms with Crippen molar-refractivity contribution in [2.24, 2.45) is 7.05 Å². The van der Waals surface area contributed by atoms with Crippen molar-refractivity contribution < 1.29 is 4.79 Å². The van der Waals surface area contributed by atoms with E-state index in [1.807, 2.05) is 49.0 Å². The Balaban J connectivity index is 2.41. The van der Waals surface area contributed by atoms with Crippen molar-refractivity contribution in [3.63, 3.8) is 0 Å². The van der Waals surface area contributed by atoms with Gasteiger partial charge in [0.25, 0.3) is 5.91 Å². The molecule has 0 saturated carbocycles. The zero-order valence-electron chi connectivity index (χ0n) is 9.45. The maximum atomic E-state index is 11.8. The van der Waals surface area contributed by atoms with Gasteiger partial charge in [0.2, 0.25) is 0 Å². The molecule has 0 saturated heterocycles. The number of nitrogens with zero attached hydrogens (tertiary/aromatic N) is 1. The first-order valence-electron chi connectivity index (χ1n) is 5.31. The van der Waals surface area contributed by atoms with Crippen molar-refractivity contribution >= 4 is 16.8 Å². The van der Waals surface area contributed by atoms with E-state index in [1.54, 1.807) is 0 Å². The van der Waals surface area contributed by atoms with Crippen LogP contribution in [0.4, 0.5) is 0 Å². The third-order valence-corrected chi connectivity index (χ3v) is 2.52. The van der Waals surface area contributed by atoms with Crippen molar-refractivity contribution in [2.45, 2.75) is 6.92 Å². The van der Waals surface area contributed by atoms with E-state index >= 15 is 0 Å². The van der Waals surface area contributed by atoms with Gasteiger partial charge in [-0.05, 0) is 6.07 Å². The van der Waals surface area contributed by atoms with Crippen molar-refractivity contribution in [1.82, 2.24) is 15.4 Å². The van der Waals surface area contributed by atoms with Gasteiger partial charge in [0.15, 0.2) is 0 Å². The zero-order valence-corrected chi connectivity index (χ0v) is 9.45. The summed E-state index contributed by atoms with van der Waals surface area (Å²) in [6.45, 7) is 2.64. The van der Waals surface area contributed by atoms with E-state index in [0.717, 1.165) is 10.9 Å². The highest BCUT2D eigenvalue weighted by atomic mass is 16.2. The highest BCUT2D eigenvalue weighted by Gasteiger charge is 2.12. The first-order chi connectivity index (χ1) is 7.74. The summed E-state index contributed by atoms with van der Waals surface area (Å²) in [5, 5.41) is 0.973. The fourth-order valence-electron chi connectivity index (χ4n) is 1.76. The molecular formula is C12H15N3O. The van der Waals surface area contributed by atoms with Gasteiger partial charge in [-0.3, -0.25) is 10.2 Å². The molecule has 0 atom stereocenters. The second-order valence-corrected chi connectivity index (χ2v) is 3.66. The van der Waals surface area contributed by atoms with E-state index in [1.165, 1.54) is 0 Å². The van der Waals surface area contributed by atoms with Crippen LogP contribution in [0.1, 0.15) is 17.3 Å². The number of amides is 1. The summed E-state index contributed by atoms with van der Waals surface area (Å²) in [6.07, 6.45) is 1.84. The Labute approximate surface area is 94.2 Å². The average Bonchev–Trinajstić information content (AvgIpc) is 2.65. The van der Waals surface area contributed by atoms with Crippen LogP contribution in [0.2, 0.25) is 0 Å². The molecule has 0 aliphatic heterocycles. The second-order valence-electron chi connectivity index (χ2n) is 3.66. The summed E-state index contributed by atoms with van der Waals surface area (Å²) in [6, 6.07) is 7.86. The molecule has 1 amide bonds. The molecule has 2 N–H and O–H groups in total. The van der Waals surface area contributed by atoms with Crippen molar-refractivity contribution in [3.05, 3.63) is 36.0 Å². The normalized spacial score (nSPS) is 10.6. The smallest absolute Gasteiger partial charge is 0.267 e. The van der Waals surface area contributed by atoms with Gasteiger partial charge in [0, 0.05) is 30.7 Å². The average molecular weight is 217 g/mol. The minimum Gasteiger partial charge on any atom is -0.350 e. The molecule has 16 heavy (non-hydrogen) atoms. The summed E-state index contributed by atoms with van der Waals surface area (Å²) in [7, 11) is 1.94. The van der Waals surface area contributed by atoms with Gasteiger partial charge in [0.05, 0.1) is 5.56 Å². The van der Waals surface area contributed by atoms with Crippen molar-refractivity contribution in [2.75, 3.05) is 6.54 Å². The lowest BCUT2D eigenvalue weighted by atomic mass is 10.2. The third-order valence-electron chi connectivity index (χ3n) is 2.52. The number of hydrazine groups is 1. The van der Waals surface area contributed by atoms with E-state index in [-0.39, 0.29) is 5.91 Å². The Kier molecular flexibility index (Phi) is 2.92. The molecule has 1 aromatic carbocycles. The molecule has 1 heterocycles. The van der Waals surface area contributed by atoms with Crippen LogP contribution in [0.3, 0.4) is 0 Å². The number of para-hydroxylation sites is 1. The monoisotopic (exact) mass is 217 g/mol. The van der Waals surface area contributed by atoms with Crippen molar-refractivity contribution in [1.29, 1.82) is 0 Å². The van der Waals surface area contributed by atoms with Gasteiger partial charge >= 0.3 is 0 Å². The number of hydrogen-bond donors (Lipinski definition) is 2. The lowest BCUT2D eigenvalue weighted by Gasteiger charge is -2.02. The number of rotatable bonds is 3. The van der Waals surface area contributed by atoms with E-state index in [4.69, 9.17) is 0 Å². The summed E-state index contributed by atoms with van der Waals surface area (Å²) < 4.78 is 1.95. The predicted molar refractivity (Wildman–Crippen MR) is 64.1 cm³/mol. The van der Waals surface area contributed by atoms with Crippen LogP contribution in [0.15, 0.2) is 30.5 Å². The Morgan fingerprint density at radius 1 is 1.38 bits per heavy atom. The summed E-state index contributed by atoms with van der Waals surface area (Å²) in [5.74, 6) is -0.0985. The maximum absolute atomic E-state index is 11.8. The Morgan fingerprint density at radius 2 is 2.12 bits per heavy atom. The second kappa shape index (κ2) is 4.37. The lowest BCUT2D eigenvalue weighted by Crippen LogP contribution is -2.36. The number of hydrogen-bond acceptors (Lipinski definition) is 2. The number of aromatic nitrogens is 1. The predicted octanol–water partition coefficient (Wildman–Crippen LogP) is 1.43. The highest BCUT2D eigenvalue weighted by molar-refractivity contribution is 6.06. The Morgan fingerprint density at radius 3 is 2.88 bits per heavy atom. The van der Waals surface area contributed by atoms with Gasteiger partial charge in [-0.25, -0.2) is 5.43 Å². The molecule has 1 aromatic heterocycles. The number of aryl methyl sites for hydroxylation is 1. The summed E-state index contributed by atoms with van der Waals surface area (Å²) in [5.41, 5.74) is 7.22. The summed E-state index contributed by atoms with van der Waals surface area (Å²) >= 11 is 0. The molecule has 2 rings (SSSR count). The molecular weight excluding hydrogens is 202 g/mol. The maximum Gasteiger partial charge on any atom is 0.267 e. The van der Waals surface area contributed by atoms with Crippen LogP contribution < -0.4 is 10.9 Å². The fourth-order valence-corrected chi connectivity index (χ4v) is 1.76. The molecule has 0 radical (unpaired) electrons. The van der Waals surface area contributed by atoms with Crippen LogP contribution in [0.25, 0.3) is 10.9 Å². The van der Waals surface area contributed by atoms with Crippen LogP contribution in [0, 0.1) is 0 Å². The lowest BCUT2D eigenvalue weighted by molar-refractivity contribution is 0.0936. The van der Waals surface area contributed by atoms with E-state index in [0.29, 0.717) is 12.1 Å². The zero-order chi connectivity index (χ0) is 11.5. The minimum atomic E-state index is -0.0985. The first-order valence-corrected chi connectivity index (χ1v) is 5.31. The Bertz CT molecular complexity index is 516. The number of carbonyl (C=O) groups is 1. The highest BCUT2D eigenvalue weighted by Crippen LogP contribution is 2.19. The van der Waals surface area contributed by atoms with Gasteiger partial charge < -0.3 is 4.57 Å². The molecule has 0 unspecified atom stereocenters. The molecule has 0 fully saturated rings. The largest absolute Gasteiger partial charge is 0.350 e. The minimum absolute atomic E-state index is 0.0985. The van der Waals surface area contributed by atoms with Gasteiger partial charge in [-0.15, -0.1) is 0 Å². The third kappa shape index (κ3) is 1.79. The SMILES string of the molecule is CCNNC(=O)c1cn(C)c2ccccc12. The van der Waals surface area contributed by atoms with Crippen LogP contribution in [-0.4, -0.2) is 17.0 Å². The Hall–Kier alpha value is -1.81. The van der Waals surface area contributed by atoms with E-state index < -0.39 is 0 Å². The standard InChI is InChI=1S/C12H15N3O/c1-3-13-14-12(16)10-8-15(2)11-7-5-4-6-9(10)11/h4-8,13H,3H2,1-2H3,(H,14,16). The van der Waals surface area contributed by atoms with Crippen LogP contribution in [0.5, 0.6) is 0 Å². The van der Waals surface area contributed by atoms with E-state index in [9.17, 15) is 4.79 Å². The molecule has 0 aliphatic carbocycles. The molecule has 2 aromatic rings. The topological polar surface area (TPSA) is 46.1 Å². The van der Waals surface area contributed by atoms with Gasteiger partial charge in [0.1, 0.15) is 0 Å². The molecule has 0 spiro atoms. The number of nitrogens with one attached hydrogen (secondary N) is 2. The number of benzene rings is 1. The van der Waals surface area contributed by atoms with Crippen LogP contribution >= 0.6 is 0 Å². The van der Waals surface area contributed by atoms with Crippen molar-refractivity contribution in [3.8, 4) is 0 Å². The van der Waals surface area contributed by atoms with E-state index in [2.05, 4.69) is 10.9 Å². The molecule has 84 valence electrons. The van der Waals surface area contributed by atoms with Crippen LogP contribution in [-0.2, 0) is 7.05 Å². The van der Waals surface area contributed by atoms with Gasteiger partial charge in [-0.2, -0.15) is 0 Å². The first kappa shape index (κ1) is 10.7. The number of carbonyl (C=O) groups excluding carboxylic acids is 1. The molecule has 0 aliphatic rings. The molecule has 4 heteroatoms. The fraction of sp³-hybridized carbons (Fsp3) is 0.250. The quantitative estimate of drug-likeness (QED) is 0.764. The van der Waals surface area contributed by atoms with Gasteiger partial charge in [-0.1, -0.05) is 25.1 Å². The summed E-state index contributed by atoms with van der Waals surface area (Å²) in [4.78, 5) is 11.8. The molecule has 0 bridgehead atoms.